The van der Waals surface area contributed by atoms with Crippen LogP contribution in [0.2, 0.25) is 0 Å². The molecule has 0 unspecified atom stereocenters. The van der Waals surface area contributed by atoms with Crippen molar-refractivity contribution < 1.29 is 23.1 Å². The van der Waals surface area contributed by atoms with E-state index in [-0.39, 0.29) is 23.8 Å². The van der Waals surface area contributed by atoms with Crippen molar-refractivity contribution in [3.8, 4) is 0 Å². The molecule has 0 spiro atoms. The summed E-state index contributed by atoms with van der Waals surface area (Å²) in [5.74, 6) is -1.45. The minimum atomic E-state index is -4.37. The first-order valence-electron chi connectivity index (χ1n) is 4.69. The minimum Gasteiger partial charge on any atom is -0.481 e. The van der Waals surface area contributed by atoms with Gasteiger partial charge in [0.15, 0.2) is 5.16 Å². The van der Waals surface area contributed by atoms with Gasteiger partial charge in [0, 0.05) is 0 Å². The van der Waals surface area contributed by atoms with Crippen LogP contribution in [0, 0.1) is 0 Å². The zero-order chi connectivity index (χ0) is 12.7. The molecule has 1 aromatic heterocycles. The average Bonchev–Trinajstić information content (AvgIpc) is 2.89. The zero-order valence-corrected chi connectivity index (χ0v) is 9.25. The molecule has 5 nitrogen and oxygen atoms in total. The Kier molecular flexibility index (Phi) is 2.80. The summed E-state index contributed by atoms with van der Waals surface area (Å²) in [5, 5.41) is 15.4. The van der Waals surface area contributed by atoms with E-state index in [9.17, 15) is 18.0 Å². The van der Waals surface area contributed by atoms with E-state index >= 15 is 0 Å². The van der Waals surface area contributed by atoms with Crippen LogP contribution in [0.25, 0.3) is 0 Å². The Balaban J connectivity index is 2.23. The van der Waals surface area contributed by atoms with Crippen molar-refractivity contribution in [3.63, 3.8) is 0 Å². The van der Waals surface area contributed by atoms with Crippen molar-refractivity contribution in [2.45, 2.75) is 29.7 Å². The summed E-state index contributed by atoms with van der Waals surface area (Å²) in [4.78, 5) is 10.4. The molecule has 0 bridgehead atoms. The number of alkyl halides is 3. The van der Waals surface area contributed by atoms with Crippen LogP contribution >= 0.6 is 11.8 Å². The number of rotatable bonds is 4. The second kappa shape index (κ2) is 3.90. The number of hydrogen-bond donors (Lipinski definition) is 1. The number of carbonyl (C=O) groups is 1. The van der Waals surface area contributed by atoms with E-state index in [1.807, 2.05) is 0 Å². The molecule has 1 aliphatic rings. The summed E-state index contributed by atoms with van der Waals surface area (Å²) in [6.07, 6.45) is -3.40. The Morgan fingerprint density at radius 1 is 1.59 bits per heavy atom. The van der Waals surface area contributed by atoms with Crippen molar-refractivity contribution >= 4 is 17.7 Å². The first-order valence-corrected chi connectivity index (χ1v) is 5.67. The van der Waals surface area contributed by atoms with E-state index in [0.29, 0.717) is 0 Å². The van der Waals surface area contributed by atoms with Crippen LogP contribution in [0.3, 0.4) is 0 Å². The third-order valence-corrected chi connectivity index (χ3v) is 3.48. The molecule has 1 aromatic rings. The maximum absolute atomic E-state index is 12.8. The maximum atomic E-state index is 12.8. The SMILES string of the molecule is O=C(O)CSc1nncn1C1(C(F)(F)F)CC1. The smallest absolute Gasteiger partial charge is 0.412 e. The van der Waals surface area contributed by atoms with E-state index in [0.717, 1.165) is 22.7 Å². The third-order valence-electron chi connectivity index (χ3n) is 2.55. The lowest BCUT2D eigenvalue weighted by Crippen LogP contribution is -2.34. The number of carboxylic acids is 1. The fourth-order valence-corrected chi connectivity index (χ4v) is 2.24. The molecule has 0 atom stereocenters. The van der Waals surface area contributed by atoms with Crippen LogP contribution in [0.1, 0.15) is 12.8 Å². The van der Waals surface area contributed by atoms with Crippen molar-refractivity contribution in [3.05, 3.63) is 6.33 Å². The van der Waals surface area contributed by atoms with Crippen LogP contribution < -0.4 is 0 Å². The van der Waals surface area contributed by atoms with E-state index in [1.165, 1.54) is 0 Å². The summed E-state index contributed by atoms with van der Waals surface area (Å²) in [6.45, 7) is 0. The second-order valence-corrected chi connectivity index (χ2v) is 4.64. The summed E-state index contributed by atoms with van der Waals surface area (Å²) >= 11 is 0.735. The van der Waals surface area contributed by atoms with Crippen LogP contribution in [-0.4, -0.2) is 37.8 Å². The molecule has 2 rings (SSSR count). The normalized spacial score (nSPS) is 18.1. The third kappa shape index (κ3) is 2.11. The van der Waals surface area contributed by atoms with Crippen LogP contribution in [-0.2, 0) is 10.3 Å². The van der Waals surface area contributed by atoms with Crippen molar-refractivity contribution in [1.82, 2.24) is 14.8 Å². The van der Waals surface area contributed by atoms with Gasteiger partial charge in [0.05, 0.1) is 5.75 Å². The summed E-state index contributed by atoms with van der Waals surface area (Å²) < 4.78 is 39.4. The fourth-order valence-electron chi connectivity index (χ4n) is 1.52. The van der Waals surface area contributed by atoms with Crippen molar-refractivity contribution in [2.75, 3.05) is 5.75 Å². The summed E-state index contributed by atoms with van der Waals surface area (Å²) in [5.41, 5.74) is -1.93. The summed E-state index contributed by atoms with van der Waals surface area (Å²) in [6, 6.07) is 0. The van der Waals surface area contributed by atoms with Crippen molar-refractivity contribution in [1.29, 1.82) is 0 Å². The number of aromatic nitrogens is 3. The lowest BCUT2D eigenvalue weighted by molar-refractivity contribution is -0.181. The largest absolute Gasteiger partial charge is 0.481 e. The molecule has 0 aromatic carbocycles. The maximum Gasteiger partial charge on any atom is 0.412 e. The molecule has 94 valence electrons. The molecule has 1 aliphatic carbocycles. The van der Waals surface area contributed by atoms with Crippen LogP contribution in [0.5, 0.6) is 0 Å². The number of halogens is 3. The molecular formula is C8H8F3N3O2S. The van der Waals surface area contributed by atoms with E-state index in [1.54, 1.807) is 0 Å². The van der Waals surface area contributed by atoms with Gasteiger partial charge in [-0.25, -0.2) is 0 Å². The highest BCUT2D eigenvalue weighted by Gasteiger charge is 2.65. The standard InChI is InChI=1S/C8H8F3N3O2S/c9-8(10,11)7(1-2-7)14-4-12-13-6(14)17-3-5(15)16/h4H,1-3H2,(H,15,16). The molecule has 1 heterocycles. The number of aliphatic carboxylic acids is 1. The Morgan fingerprint density at radius 2 is 2.24 bits per heavy atom. The Labute approximate surface area is 98.0 Å². The molecule has 1 N–H and O–H groups in total. The molecular weight excluding hydrogens is 259 g/mol. The number of thioether (sulfide) groups is 1. The monoisotopic (exact) mass is 267 g/mol. The van der Waals surface area contributed by atoms with Gasteiger partial charge in [-0.15, -0.1) is 10.2 Å². The van der Waals surface area contributed by atoms with Gasteiger partial charge in [-0.05, 0) is 12.8 Å². The van der Waals surface area contributed by atoms with Gasteiger partial charge in [0.2, 0.25) is 0 Å². The lowest BCUT2D eigenvalue weighted by Gasteiger charge is -2.21. The minimum absolute atomic E-state index is 0.0118. The fraction of sp³-hybridized carbons (Fsp3) is 0.625. The quantitative estimate of drug-likeness (QED) is 0.837. The van der Waals surface area contributed by atoms with Gasteiger partial charge in [-0.2, -0.15) is 13.2 Å². The highest BCUT2D eigenvalue weighted by atomic mass is 32.2. The van der Waals surface area contributed by atoms with Crippen LogP contribution in [0.15, 0.2) is 11.5 Å². The molecule has 0 radical (unpaired) electrons. The first-order chi connectivity index (χ1) is 7.87. The van der Waals surface area contributed by atoms with Crippen LogP contribution in [0.4, 0.5) is 13.2 Å². The lowest BCUT2D eigenvalue weighted by atomic mass is 10.2. The predicted molar refractivity (Wildman–Crippen MR) is 51.6 cm³/mol. The Bertz CT molecular complexity index is 441. The molecule has 0 saturated heterocycles. The van der Waals surface area contributed by atoms with E-state index < -0.39 is 17.7 Å². The molecule has 17 heavy (non-hydrogen) atoms. The second-order valence-electron chi connectivity index (χ2n) is 3.70. The number of hydrogen-bond acceptors (Lipinski definition) is 4. The molecule has 1 fully saturated rings. The number of carboxylic acid groups (broad SMARTS) is 1. The Morgan fingerprint density at radius 3 is 2.71 bits per heavy atom. The topological polar surface area (TPSA) is 68.0 Å². The van der Waals surface area contributed by atoms with Gasteiger partial charge in [0.25, 0.3) is 0 Å². The van der Waals surface area contributed by atoms with Gasteiger partial charge >= 0.3 is 12.1 Å². The molecule has 9 heteroatoms. The van der Waals surface area contributed by atoms with Gasteiger partial charge in [0.1, 0.15) is 11.9 Å². The molecule has 0 aliphatic heterocycles. The van der Waals surface area contributed by atoms with Crippen molar-refractivity contribution in [2.24, 2.45) is 0 Å². The number of nitrogens with zero attached hydrogens (tertiary/aromatic N) is 3. The van der Waals surface area contributed by atoms with Gasteiger partial charge < -0.3 is 5.11 Å². The van der Waals surface area contributed by atoms with E-state index in [2.05, 4.69) is 10.2 Å². The van der Waals surface area contributed by atoms with E-state index in [4.69, 9.17) is 5.11 Å². The highest BCUT2D eigenvalue weighted by molar-refractivity contribution is 7.99. The van der Waals surface area contributed by atoms with Gasteiger partial charge in [-0.3, -0.25) is 9.36 Å². The Hall–Kier alpha value is -1.25. The molecule has 0 amide bonds. The average molecular weight is 267 g/mol. The predicted octanol–water partition coefficient (Wildman–Crippen LogP) is 1.51. The zero-order valence-electron chi connectivity index (χ0n) is 8.44. The van der Waals surface area contributed by atoms with Gasteiger partial charge in [-0.1, -0.05) is 11.8 Å². The highest BCUT2D eigenvalue weighted by Crippen LogP contribution is 2.56. The molecule has 1 saturated carbocycles. The first kappa shape index (κ1) is 12.2. The summed E-state index contributed by atoms with van der Waals surface area (Å²) in [7, 11) is 0.